The molecule has 1 N–H and O–H groups in total. The Kier molecular flexibility index (Phi) is 4.42. The lowest BCUT2D eigenvalue weighted by atomic mass is 10.1. The molecule has 0 saturated carbocycles. The number of fused-ring (bicyclic) bond motifs is 1. The minimum Gasteiger partial charge on any atom is -0.454 e. The van der Waals surface area contributed by atoms with Gasteiger partial charge < -0.3 is 19.6 Å². The van der Waals surface area contributed by atoms with Gasteiger partial charge in [0.25, 0.3) is 5.91 Å². The van der Waals surface area contributed by atoms with Crippen LogP contribution >= 0.6 is 0 Å². The molecule has 0 spiro atoms. The lowest BCUT2D eigenvalue weighted by Gasteiger charge is -2.05. The van der Waals surface area contributed by atoms with Crippen LogP contribution in [0.2, 0.25) is 0 Å². The van der Waals surface area contributed by atoms with Crippen molar-refractivity contribution in [3.63, 3.8) is 0 Å². The second-order valence-electron chi connectivity index (χ2n) is 4.98. The molecular weight excluding hydrogens is 296 g/mol. The highest BCUT2D eigenvalue weighted by atomic mass is 16.7. The van der Waals surface area contributed by atoms with Crippen LogP contribution in [-0.4, -0.2) is 25.5 Å². The predicted molar refractivity (Wildman–Crippen MR) is 85.9 cm³/mol. The molecule has 0 aromatic heterocycles. The third kappa shape index (κ3) is 3.79. The first-order valence-electron chi connectivity index (χ1n) is 7.13. The lowest BCUT2D eigenvalue weighted by Crippen LogP contribution is -2.16. The van der Waals surface area contributed by atoms with Crippen LogP contribution in [0.1, 0.15) is 11.1 Å². The van der Waals surface area contributed by atoms with Crippen LogP contribution in [0.3, 0.4) is 0 Å². The first kappa shape index (κ1) is 14.9. The molecule has 1 amide bonds. The van der Waals surface area contributed by atoms with E-state index in [0.717, 1.165) is 11.1 Å². The van der Waals surface area contributed by atoms with Gasteiger partial charge in [0.1, 0.15) is 0 Å². The Morgan fingerprint density at radius 2 is 2.09 bits per heavy atom. The highest BCUT2D eigenvalue weighted by Crippen LogP contribution is 2.34. The minimum absolute atomic E-state index is 0.170. The molecule has 0 radical (unpaired) electrons. The lowest BCUT2D eigenvalue weighted by molar-refractivity contribution is -0.120. The number of amides is 1. The fraction of sp³-hybridized carbons (Fsp3) is 0.176. The first-order chi connectivity index (χ1) is 11.2. The zero-order valence-electron chi connectivity index (χ0n) is 12.6. The van der Waals surface area contributed by atoms with E-state index in [1.54, 1.807) is 24.4 Å². The van der Waals surface area contributed by atoms with E-state index in [-0.39, 0.29) is 19.3 Å². The SMILES string of the molecule is Cc1ccccc1/C=N\OCC(=O)Nc1ccc2c(c1)OCO2. The van der Waals surface area contributed by atoms with Crippen LogP contribution in [0.4, 0.5) is 5.69 Å². The minimum atomic E-state index is -0.300. The normalized spacial score (nSPS) is 12.4. The van der Waals surface area contributed by atoms with Crippen LogP contribution in [0, 0.1) is 6.92 Å². The quantitative estimate of drug-likeness (QED) is 0.681. The molecule has 2 aromatic carbocycles. The largest absolute Gasteiger partial charge is 0.454 e. The van der Waals surface area contributed by atoms with E-state index < -0.39 is 0 Å². The van der Waals surface area contributed by atoms with Gasteiger partial charge in [-0.05, 0) is 30.2 Å². The Hall–Kier alpha value is -3.02. The van der Waals surface area contributed by atoms with E-state index in [4.69, 9.17) is 14.3 Å². The number of anilines is 1. The molecule has 0 atom stereocenters. The van der Waals surface area contributed by atoms with Gasteiger partial charge in [0, 0.05) is 11.8 Å². The van der Waals surface area contributed by atoms with Crippen molar-refractivity contribution < 1.29 is 19.1 Å². The summed E-state index contributed by atoms with van der Waals surface area (Å²) in [6, 6.07) is 13.0. The third-order valence-corrected chi connectivity index (χ3v) is 3.31. The second kappa shape index (κ2) is 6.83. The Morgan fingerprint density at radius 3 is 2.96 bits per heavy atom. The highest BCUT2D eigenvalue weighted by Gasteiger charge is 2.14. The average Bonchev–Trinajstić information content (AvgIpc) is 3.01. The summed E-state index contributed by atoms with van der Waals surface area (Å²) in [5.41, 5.74) is 2.65. The number of hydrogen-bond donors (Lipinski definition) is 1. The van der Waals surface area contributed by atoms with Gasteiger partial charge in [-0.2, -0.15) is 0 Å². The maximum absolute atomic E-state index is 11.8. The number of rotatable bonds is 5. The van der Waals surface area contributed by atoms with Crippen molar-refractivity contribution in [3.8, 4) is 11.5 Å². The molecular formula is C17H16N2O4. The third-order valence-electron chi connectivity index (χ3n) is 3.31. The maximum atomic E-state index is 11.8. The smallest absolute Gasteiger partial charge is 0.265 e. The Labute approximate surface area is 133 Å². The maximum Gasteiger partial charge on any atom is 0.265 e. The van der Waals surface area contributed by atoms with Gasteiger partial charge in [-0.1, -0.05) is 29.4 Å². The van der Waals surface area contributed by atoms with Gasteiger partial charge in [0.15, 0.2) is 18.1 Å². The second-order valence-corrected chi connectivity index (χ2v) is 4.98. The van der Waals surface area contributed by atoms with Gasteiger partial charge in [-0.3, -0.25) is 4.79 Å². The summed E-state index contributed by atoms with van der Waals surface area (Å²) in [7, 11) is 0. The van der Waals surface area contributed by atoms with Crippen LogP contribution < -0.4 is 14.8 Å². The van der Waals surface area contributed by atoms with E-state index in [0.29, 0.717) is 17.2 Å². The monoisotopic (exact) mass is 312 g/mol. The summed E-state index contributed by atoms with van der Waals surface area (Å²) in [5.74, 6) is 0.981. The van der Waals surface area contributed by atoms with Crippen molar-refractivity contribution in [2.45, 2.75) is 6.92 Å². The number of benzene rings is 2. The Bertz CT molecular complexity index is 743. The Morgan fingerprint density at radius 1 is 1.26 bits per heavy atom. The van der Waals surface area contributed by atoms with E-state index in [1.165, 1.54) is 0 Å². The highest BCUT2D eigenvalue weighted by molar-refractivity contribution is 5.92. The van der Waals surface area contributed by atoms with Crippen molar-refractivity contribution in [2.75, 3.05) is 18.7 Å². The fourth-order valence-electron chi connectivity index (χ4n) is 2.09. The molecule has 1 aliphatic rings. The summed E-state index contributed by atoms with van der Waals surface area (Å²) in [4.78, 5) is 16.8. The molecule has 1 aliphatic heterocycles. The van der Waals surface area contributed by atoms with Crippen molar-refractivity contribution in [3.05, 3.63) is 53.6 Å². The summed E-state index contributed by atoms with van der Waals surface area (Å²) >= 11 is 0. The molecule has 0 fully saturated rings. The van der Waals surface area contributed by atoms with Gasteiger partial charge >= 0.3 is 0 Å². The fourth-order valence-corrected chi connectivity index (χ4v) is 2.09. The molecule has 3 rings (SSSR count). The van der Waals surface area contributed by atoms with Crippen LogP contribution in [-0.2, 0) is 9.63 Å². The molecule has 6 nitrogen and oxygen atoms in total. The van der Waals surface area contributed by atoms with Crippen molar-refractivity contribution in [2.24, 2.45) is 5.16 Å². The number of oxime groups is 1. The number of carbonyl (C=O) groups excluding carboxylic acids is 1. The molecule has 0 saturated heterocycles. The van der Waals surface area contributed by atoms with Crippen molar-refractivity contribution in [1.29, 1.82) is 0 Å². The number of carbonyl (C=O) groups is 1. The summed E-state index contributed by atoms with van der Waals surface area (Å²) in [5, 5.41) is 6.52. The molecule has 6 heteroatoms. The van der Waals surface area contributed by atoms with E-state index in [9.17, 15) is 4.79 Å². The molecule has 118 valence electrons. The molecule has 1 heterocycles. The van der Waals surface area contributed by atoms with Crippen molar-refractivity contribution >= 4 is 17.8 Å². The first-order valence-corrected chi connectivity index (χ1v) is 7.13. The summed E-state index contributed by atoms with van der Waals surface area (Å²) in [6.45, 7) is 2.01. The van der Waals surface area contributed by atoms with E-state index >= 15 is 0 Å². The molecule has 0 bridgehead atoms. The number of nitrogens with one attached hydrogen (secondary N) is 1. The van der Waals surface area contributed by atoms with E-state index in [1.807, 2.05) is 31.2 Å². The van der Waals surface area contributed by atoms with Gasteiger partial charge in [-0.15, -0.1) is 0 Å². The molecule has 0 aliphatic carbocycles. The van der Waals surface area contributed by atoms with E-state index in [2.05, 4.69) is 10.5 Å². The van der Waals surface area contributed by atoms with Crippen LogP contribution in [0.15, 0.2) is 47.6 Å². The van der Waals surface area contributed by atoms with Crippen LogP contribution in [0.5, 0.6) is 11.5 Å². The zero-order valence-corrected chi connectivity index (χ0v) is 12.6. The number of hydrogen-bond acceptors (Lipinski definition) is 5. The van der Waals surface area contributed by atoms with Gasteiger partial charge in [0.05, 0.1) is 6.21 Å². The molecule has 0 unspecified atom stereocenters. The molecule has 23 heavy (non-hydrogen) atoms. The van der Waals surface area contributed by atoms with Gasteiger partial charge in [0.2, 0.25) is 6.79 Å². The van der Waals surface area contributed by atoms with Crippen molar-refractivity contribution in [1.82, 2.24) is 0 Å². The summed E-state index contributed by atoms with van der Waals surface area (Å²) in [6.07, 6.45) is 1.59. The number of aryl methyl sites for hydroxylation is 1. The van der Waals surface area contributed by atoms with Crippen LogP contribution in [0.25, 0.3) is 0 Å². The molecule has 2 aromatic rings. The average molecular weight is 312 g/mol. The topological polar surface area (TPSA) is 69.2 Å². The number of ether oxygens (including phenoxy) is 2. The predicted octanol–water partition coefficient (Wildman–Crippen LogP) is 2.71. The zero-order chi connectivity index (χ0) is 16.1. The number of nitrogens with zero attached hydrogens (tertiary/aromatic N) is 1. The van der Waals surface area contributed by atoms with Gasteiger partial charge in [-0.25, -0.2) is 0 Å². The Balaban J connectivity index is 1.49. The standard InChI is InChI=1S/C17H16N2O4/c1-12-4-2-3-5-13(12)9-18-23-10-17(20)19-14-6-7-15-16(8-14)22-11-21-15/h2-9H,10-11H2,1H3,(H,19,20)/b18-9-. The summed E-state index contributed by atoms with van der Waals surface area (Å²) < 4.78 is 10.5.